The average Bonchev–Trinajstić information content (AvgIpc) is 2.44. The molecule has 0 aromatic heterocycles. The minimum atomic E-state index is -0.721. The van der Waals surface area contributed by atoms with Gasteiger partial charge in [0.2, 0.25) is 0 Å². The van der Waals surface area contributed by atoms with Crippen molar-refractivity contribution in [3.63, 3.8) is 0 Å². The van der Waals surface area contributed by atoms with Crippen LogP contribution in [0.1, 0.15) is 25.8 Å². The molecule has 1 aromatic carbocycles. The fourth-order valence-electron chi connectivity index (χ4n) is 1.83. The molecule has 0 amide bonds. The zero-order valence-electron chi connectivity index (χ0n) is 12.8. The van der Waals surface area contributed by atoms with Gasteiger partial charge in [0.1, 0.15) is 0 Å². The van der Waals surface area contributed by atoms with Crippen LogP contribution >= 0.6 is 0 Å². The third-order valence-corrected chi connectivity index (χ3v) is 3.83. The standard InChI is InChI=1S/C15H25NO3S/c1-5-19-14-7-6-13(10-15(14)18-3)11-16-12(2)8-9-20(4)17/h6-7,10,12,16H,5,8-9,11H2,1-4H3. The fourth-order valence-corrected chi connectivity index (χ4v) is 2.52. The molecule has 0 aliphatic rings. The van der Waals surface area contributed by atoms with Crippen LogP contribution in [0.5, 0.6) is 11.5 Å². The third kappa shape index (κ3) is 5.92. The third-order valence-electron chi connectivity index (χ3n) is 3.02. The molecule has 20 heavy (non-hydrogen) atoms. The summed E-state index contributed by atoms with van der Waals surface area (Å²) in [6.45, 7) is 5.45. The molecule has 0 spiro atoms. The first-order valence-electron chi connectivity index (χ1n) is 6.90. The Labute approximate surface area is 124 Å². The lowest BCUT2D eigenvalue weighted by molar-refractivity contribution is 0.310. The van der Waals surface area contributed by atoms with Crippen LogP contribution in [0.15, 0.2) is 18.2 Å². The van der Waals surface area contributed by atoms with Crippen LogP contribution in [0, 0.1) is 0 Å². The van der Waals surface area contributed by atoms with Gasteiger partial charge in [-0.2, -0.15) is 0 Å². The van der Waals surface area contributed by atoms with Gasteiger partial charge in [-0.3, -0.25) is 4.21 Å². The summed E-state index contributed by atoms with van der Waals surface area (Å²) in [6.07, 6.45) is 2.65. The maximum atomic E-state index is 11.1. The SMILES string of the molecule is CCOc1ccc(CNC(C)CCS(C)=O)cc1OC. The van der Waals surface area contributed by atoms with E-state index in [1.54, 1.807) is 13.4 Å². The lowest BCUT2D eigenvalue weighted by atomic mass is 10.1. The molecule has 114 valence electrons. The second-order valence-electron chi connectivity index (χ2n) is 4.77. The Morgan fingerprint density at radius 2 is 2.10 bits per heavy atom. The number of nitrogens with one attached hydrogen (secondary N) is 1. The van der Waals surface area contributed by atoms with Crippen molar-refractivity contribution in [3.05, 3.63) is 23.8 Å². The van der Waals surface area contributed by atoms with Gasteiger partial charge in [-0.1, -0.05) is 6.07 Å². The predicted molar refractivity (Wildman–Crippen MR) is 84.0 cm³/mol. The molecular formula is C15H25NO3S. The van der Waals surface area contributed by atoms with Crippen molar-refractivity contribution in [2.24, 2.45) is 0 Å². The van der Waals surface area contributed by atoms with Gasteiger partial charge in [0.05, 0.1) is 13.7 Å². The van der Waals surface area contributed by atoms with E-state index in [-0.39, 0.29) is 0 Å². The van der Waals surface area contributed by atoms with Crippen molar-refractivity contribution in [1.82, 2.24) is 5.32 Å². The van der Waals surface area contributed by atoms with Crippen LogP contribution in [0.3, 0.4) is 0 Å². The van der Waals surface area contributed by atoms with Crippen molar-refractivity contribution < 1.29 is 13.7 Å². The highest BCUT2D eigenvalue weighted by molar-refractivity contribution is 7.84. The topological polar surface area (TPSA) is 47.6 Å². The normalized spacial score (nSPS) is 13.8. The average molecular weight is 299 g/mol. The summed E-state index contributed by atoms with van der Waals surface area (Å²) in [4.78, 5) is 0. The van der Waals surface area contributed by atoms with Crippen molar-refractivity contribution in [2.45, 2.75) is 32.9 Å². The van der Waals surface area contributed by atoms with Gasteiger partial charge in [0.25, 0.3) is 0 Å². The lowest BCUT2D eigenvalue weighted by Crippen LogP contribution is -2.26. The van der Waals surface area contributed by atoms with E-state index in [0.29, 0.717) is 12.6 Å². The van der Waals surface area contributed by atoms with E-state index in [9.17, 15) is 4.21 Å². The molecule has 0 aliphatic carbocycles. The summed E-state index contributed by atoms with van der Waals surface area (Å²) in [7, 11) is 0.926. The van der Waals surface area contributed by atoms with Crippen molar-refractivity contribution in [3.8, 4) is 11.5 Å². The second kappa shape index (κ2) is 8.97. The van der Waals surface area contributed by atoms with E-state index in [0.717, 1.165) is 35.8 Å². The van der Waals surface area contributed by atoms with Gasteiger partial charge in [0, 0.05) is 35.4 Å². The van der Waals surface area contributed by atoms with Crippen LogP contribution in [0.25, 0.3) is 0 Å². The summed E-state index contributed by atoms with van der Waals surface area (Å²) < 4.78 is 21.9. The van der Waals surface area contributed by atoms with Crippen LogP contribution in [0.4, 0.5) is 0 Å². The minimum absolute atomic E-state index is 0.344. The molecule has 0 bridgehead atoms. The Kier molecular flexibility index (Phi) is 7.62. The van der Waals surface area contributed by atoms with E-state index in [1.807, 2.05) is 25.1 Å². The molecule has 0 aliphatic heterocycles. The molecular weight excluding hydrogens is 274 g/mol. The smallest absolute Gasteiger partial charge is 0.161 e. The molecule has 0 saturated heterocycles. The molecule has 0 saturated carbocycles. The van der Waals surface area contributed by atoms with Crippen molar-refractivity contribution >= 4 is 10.8 Å². The maximum Gasteiger partial charge on any atom is 0.161 e. The monoisotopic (exact) mass is 299 g/mol. The lowest BCUT2D eigenvalue weighted by Gasteiger charge is -2.15. The molecule has 1 rings (SSSR count). The molecule has 0 fully saturated rings. The Hall–Kier alpha value is -1.07. The molecule has 5 heteroatoms. The highest BCUT2D eigenvalue weighted by Crippen LogP contribution is 2.27. The molecule has 2 unspecified atom stereocenters. The number of benzene rings is 1. The first-order valence-corrected chi connectivity index (χ1v) is 8.62. The van der Waals surface area contributed by atoms with Crippen molar-refractivity contribution in [1.29, 1.82) is 0 Å². The second-order valence-corrected chi connectivity index (χ2v) is 6.32. The number of methoxy groups -OCH3 is 1. The Balaban J connectivity index is 2.53. The highest BCUT2D eigenvalue weighted by atomic mass is 32.2. The molecule has 4 nitrogen and oxygen atoms in total. The number of ether oxygens (including phenoxy) is 2. The summed E-state index contributed by atoms with van der Waals surface area (Å²) in [6, 6.07) is 6.30. The molecule has 1 N–H and O–H groups in total. The minimum Gasteiger partial charge on any atom is -0.493 e. The van der Waals surface area contributed by atoms with Gasteiger partial charge in [0.15, 0.2) is 11.5 Å². The van der Waals surface area contributed by atoms with Gasteiger partial charge in [-0.25, -0.2) is 0 Å². The van der Waals surface area contributed by atoms with Crippen molar-refractivity contribution in [2.75, 3.05) is 25.7 Å². The van der Waals surface area contributed by atoms with Gasteiger partial charge < -0.3 is 14.8 Å². The quantitative estimate of drug-likeness (QED) is 0.760. The summed E-state index contributed by atoms with van der Waals surface area (Å²) in [5, 5.41) is 3.43. The zero-order valence-corrected chi connectivity index (χ0v) is 13.6. The van der Waals surface area contributed by atoms with E-state index in [4.69, 9.17) is 9.47 Å². The highest BCUT2D eigenvalue weighted by Gasteiger charge is 2.07. The Morgan fingerprint density at radius 3 is 2.70 bits per heavy atom. The van der Waals surface area contributed by atoms with E-state index in [2.05, 4.69) is 12.2 Å². The molecule has 0 heterocycles. The van der Waals surface area contributed by atoms with E-state index in [1.165, 1.54) is 0 Å². The summed E-state index contributed by atoms with van der Waals surface area (Å²) >= 11 is 0. The van der Waals surface area contributed by atoms with Crippen LogP contribution in [0.2, 0.25) is 0 Å². The predicted octanol–water partition coefficient (Wildman–Crippen LogP) is 2.34. The number of rotatable bonds is 9. The molecule has 1 aromatic rings. The van der Waals surface area contributed by atoms with Crippen LogP contribution < -0.4 is 14.8 Å². The Bertz CT molecular complexity index is 437. The summed E-state index contributed by atoms with van der Waals surface area (Å²) in [5.41, 5.74) is 1.15. The Morgan fingerprint density at radius 1 is 1.35 bits per heavy atom. The fraction of sp³-hybridized carbons (Fsp3) is 0.600. The first kappa shape index (κ1) is 17.0. The van der Waals surface area contributed by atoms with Crippen LogP contribution in [-0.2, 0) is 17.3 Å². The number of hydrogen-bond donors (Lipinski definition) is 1. The van der Waals surface area contributed by atoms with E-state index >= 15 is 0 Å². The number of hydrogen-bond acceptors (Lipinski definition) is 4. The van der Waals surface area contributed by atoms with Gasteiger partial charge in [-0.15, -0.1) is 0 Å². The van der Waals surface area contributed by atoms with E-state index < -0.39 is 10.8 Å². The molecule has 0 radical (unpaired) electrons. The largest absolute Gasteiger partial charge is 0.493 e. The van der Waals surface area contributed by atoms with Crippen LogP contribution in [-0.4, -0.2) is 36.0 Å². The zero-order chi connectivity index (χ0) is 15.0. The molecule has 2 atom stereocenters. The van der Waals surface area contributed by atoms with Gasteiger partial charge in [-0.05, 0) is 38.0 Å². The maximum absolute atomic E-state index is 11.1. The van der Waals surface area contributed by atoms with Gasteiger partial charge >= 0.3 is 0 Å². The summed E-state index contributed by atoms with van der Waals surface area (Å²) in [5.74, 6) is 2.27. The first-order chi connectivity index (χ1) is 9.56.